The zero-order valence-electron chi connectivity index (χ0n) is 24.8. The van der Waals surface area contributed by atoms with E-state index in [0.29, 0.717) is 76.8 Å². The van der Waals surface area contributed by atoms with Crippen molar-refractivity contribution in [2.24, 2.45) is 0 Å². The minimum absolute atomic E-state index is 0.107. The van der Waals surface area contributed by atoms with Crippen molar-refractivity contribution < 1.29 is 29.4 Å². The third kappa shape index (κ3) is 4.54. The maximum absolute atomic E-state index is 13.5. The first kappa shape index (κ1) is 29.3. The molecule has 1 aromatic carbocycles. The lowest BCUT2D eigenvalue weighted by molar-refractivity contribution is -0.140. The summed E-state index contributed by atoms with van der Waals surface area (Å²) in [6.07, 6.45) is 2.62. The lowest BCUT2D eigenvalue weighted by Gasteiger charge is -2.33. The van der Waals surface area contributed by atoms with Crippen LogP contribution in [0.3, 0.4) is 0 Å². The molecule has 0 saturated carbocycles. The number of benzene rings is 1. The Morgan fingerprint density at radius 2 is 1.80 bits per heavy atom. The van der Waals surface area contributed by atoms with Crippen LogP contribution in [0.2, 0.25) is 0 Å². The molecule has 4 aromatic rings. The average molecular weight is 627 g/mol. The standard InChI is InChI=1S/C31H30N8O7/c1-2-31(44)21-12-23-26-20(15-39(23)28(42)18(21)4-6-24(31)40)25(32)19-11-17(3-5-22(19)35-26)46-30(43)38-9-7-37(8-10-38)29-33-13-16(14-34-29)27(41)36-45/h3,5,11-14,44-45H,2,4,6-10,15H2,1H3,(H2,32,35)(H,36,41)/t31-/m0/s1. The Kier molecular flexibility index (Phi) is 6.94. The number of Topliss-reactive ketones (excluding diaryl/α,β-unsaturated/α-hetero) is 1. The Hall–Kier alpha value is -5.41. The van der Waals surface area contributed by atoms with E-state index in [-0.39, 0.29) is 48.5 Å². The predicted octanol–water partition coefficient (Wildman–Crippen LogP) is 1.35. The molecule has 1 fully saturated rings. The number of nitrogens with two attached hydrogens (primary N) is 1. The Balaban J connectivity index is 1.10. The number of rotatable bonds is 4. The molecule has 15 nitrogen and oxygen atoms in total. The molecule has 5 heterocycles. The number of hydroxylamine groups is 1. The molecule has 3 aromatic heterocycles. The number of piperazine rings is 1. The Morgan fingerprint density at radius 3 is 2.50 bits per heavy atom. The number of fused-ring (bicyclic) bond motifs is 5. The number of nitrogens with one attached hydrogen (secondary N) is 1. The molecule has 7 rings (SSSR count). The molecular formula is C31H30N8O7. The molecular weight excluding hydrogens is 596 g/mol. The Morgan fingerprint density at radius 1 is 1.07 bits per heavy atom. The molecule has 3 aliphatic rings. The van der Waals surface area contributed by atoms with E-state index in [9.17, 15) is 24.3 Å². The van der Waals surface area contributed by atoms with Crippen LogP contribution in [0, 0.1) is 0 Å². The van der Waals surface area contributed by atoms with Gasteiger partial charge < -0.3 is 29.9 Å². The van der Waals surface area contributed by atoms with Gasteiger partial charge in [-0.2, -0.15) is 0 Å². The van der Waals surface area contributed by atoms with Crippen LogP contribution in [-0.4, -0.2) is 78.7 Å². The molecule has 1 saturated heterocycles. The zero-order chi connectivity index (χ0) is 32.3. The molecule has 5 N–H and O–H groups in total. The molecule has 2 amide bonds. The van der Waals surface area contributed by atoms with Gasteiger partial charge in [-0.25, -0.2) is 25.2 Å². The SMILES string of the molecule is CC[C@@]1(O)C(=O)CCc2c1cc1n(c2=O)Cc2c-1nc1ccc(OC(=O)N3CCN(c4ncc(C(=O)NO)cn4)CC3)cc1c2N. The minimum atomic E-state index is -1.71. The maximum atomic E-state index is 13.5. The van der Waals surface area contributed by atoms with Crippen molar-refractivity contribution in [1.29, 1.82) is 0 Å². The van der Waals surface area contributed by atoms with Gasteiger partial charge in [0.1, 0.15) is 11.4 Å². The topological polar surface area (TPSA) is 206 Å². The summed E-state index contributed by atoms with van der Waals surface area (Å²) in [6, 6.07) is 6.66. The molecule has 0 radical (unpaired) electrons. The van der Waals surface area contributed by atoms with Gasteiger partial charge in [0, 0.05) is 72.8 Å². The summed E-state index contributed by atoms with van der Waals surface area (Å²) in [5.41, 5.74) is 9.69. The van der Waals surface area contributed by atoms with E-state index in [1.54, 1.807) is 40.7 Å². The molecule has 236 valence electrons. The molecule has 1 atom stereocenters. The van der Waals surface area contributed by atoms with E-state index in [2.05, 4.69) is 9.97 Å². The lowest BCUT2D eigenvalue weighted by atomic mass is 9.77. The van der Waals surface area contributed by atoms with Crippen molar-refractivity contribution in [3.8, 4) is 17.1 Å². The van der Waals surface area contributed by atoms with Gasteiger partial charge in [0.2, 0.25) is 5.95 Å². The number of nitrogen functional groups attached to an aromatic ring is 1. The number of ketones is 1. The first-order chi connectivity index (χ1) is 22.1. The van der Waals surface area contributed by atoms with E-state index in [1.807, 2.05) is 4.90 Å². The summed E-state index contributed by atoms with van der Waals surface area (Å²) in [7, 11) is 0. The summed E-state index contributed by atoms with van der Waals surface area (Å²) in [5.74, 6) is -0.329. The summed E-state index contributed by atoms with van der Waals surface area (Å²) < 4.78 is 7.28. The second-order valence-corrected chi connectivity index (χ2v) is 11.5. The van der Waals surface area contributed by atoms with Crippen LogP contribution in [0.1, 0.15) is 46.8 Å². The van der Waals surface area contributed by atoms with Crippen LogP contribution in [0.15, 0.2) is 41.5 Å². The summed E-state index contributed by atoms with van der Waals surface area (Å²) in [6.45, 7) is 3.49. The van der Waals surface area contributed by atoms with Crippen LogP contribution < -0.4 is 26.4 Å². The van der Waals surface area contributed by atoms with Crippen LogP contribution in [0.25, 0.3) is 22.3 Å². The van der Waals surface area contributed by atoms with Crippen LogP contribution >= 0.6 is 0 Å². The van der Waals surface area contributed by atoms with Gasteiger partial charge in [0.05, 0.1) is 29.0 Å². The number of carbonyl (C=O) groups is 3. The van der Waals surface area contributed by atoms with Crippen molar-refractivity contribution in [1.82, 2.24) is 29.9 Å². The van der Waals surface area contributed by atoms with E-state index in [4.69, 9.17) is 20.7 Å². The molecule has 0 bridgehead atoms. The van der Waals surface area contributed by atoms with Gasteiger partial charge in [-0.05, 0) is 37.1 Å². The van der Waals surface area contributed by atoms with E-state index >= 15 is 0 Å². The second-order valence-electron chi connectivity index (χ2n) is 11.5. The number of anilines is 2. The molecule has 0 spiro atoms. The fourth-order valence-corrected chi connectivity index (χ4v) is 6.46. The van der Waals surface area contributed by atoms with Crippen molar-refractivity contribution >= 4 is 40.3 Å². The van der Waals surface area contributed by atoms with Crippen LogP contribution in [0.5, 0.6) is 5.75 Å². The van der Waals surface area contributed by atoms with Gasteiger partial charge >= 0.3 is 6.09 Å². The maximum Gasteiger partial charge on any atom is 0.415 e. The van der Waals surface area contributed by atoms with Crippen molar-refractivity contribution in [3.63, 3.8) is 0 Å². The summed E-state index contributed by atoms with van der Waals surface area (Å²) in [4.78, 5) is 67.3. The summed E-state index contributed by atoms with van der Waals surface area (Å²) >= 11 is 0. The Labute approximate surface area is 261 Å². The number of nitrogens with zero attached hydrogens (tertiary/aromatic N) is 6. The normalized spacial score (nSPS) is 18.6. The Bertz CT molecular complexity index is 2000. The number of ether oxygens (including phenoxy) is 1. The fourth-order valence-electron chi connectivity index (χ4n) is 6.46. The highest BCUT2D eigenvalue weighted by Crippen LogP contribution is 2.41. The van der Waals surface area contributed by atoms with Gasteiger partial charge in [0.25, 0.3) is 11.5 Å². The fraction of sp³-hybridized carbons (Fsp3) is 0.323. The van der Waals surface area contributed by atoms with E-state index < -0.39 is 17.6 Å². The number of aromatic nitrogens is 4. The highest BCUT2D eigenvalue weighted by molar-refractivity contribution is 5.97. The van der Waals surface area contributed by atoms with Crippen LogP contribution in [-0.2, 0) is 23.4 Å². The van der Waals surface area contributed by atoms with Crippen molar-refractivity contribution in [2.45, 2.75) is 38.3 Å². The molecule has 2 aliphatic heterocycles. The third-order valence-electron chi connectivity index (χ3n) is 9.11. The van der Waals surface area contributed by atoms with Gasteiger partial charge in [-0.15, -0.1) is 0 Å². The number of pyridine rings is 2. The van der Waals surface area contributed by atoms with Gasteiger partial charge in [-0.1, -0.05) is 6.92 Å². The molecule has 46 heavy (non-hydrogen) atoms. The molecule has 1 aliphatic carbocycles. The zero-order valence-corrected chi connectivity index (χ0v) is 24.8. The lowest BCUT2D eigenvalue weighted by Crippen LogP contribution is -2.50. The molecule has 15 heteroatoms. The quantitative estimate of drug-likeness (QED) is 0.165. The highest BCUT2D eigenvalue weighted by atomic mass is 16.6. The van der Waals surface area contributed by atoms with Crippen LogP contribution in [0.4, 0.5) is 16.4 Å². The first-order valence-electron chi connectivity index (χ1n) is 14.9. The van der Waals surface area contributed by atoms with Gasteiger partial charge in [-0.3, -0.25) is 19.6 Å². The number of hydrogen-bond acceptors (Lipinski definition) is 12. The number of carbonyl (C=O) groups excluding carboxylic acids is 3. The van der Waals surface area contributed by atoms with Crippen molar-refractivity contribution in [3.05, 3.63) is 69.3 Å². The van der Waals surface area contributed by atoms with Crippen molar-refractivity contribution in [2.75, 3.05) is 36.8 Å². The monoisotopic (exact) mass is 626 g/mol. The third-order valence-corrected chi connectivity index (χ3v) is 9.11. The highest BCUT2D eigenvalue weighted by Gasteiger charge is 2.43. The number of aliphatic hydroxyl groups is 1. The van der Waals surface area contributed by atoms with Gasteiger partial charge in [0.15, 0.2) is 5.78 Å². The minimum Gasteiger partial charge on any atom is -0.410 e. The average Bonchev–Trinajstić information content (AvgIpc) is 3.46. The smallest absolute Gasteiger partial charge is 0.410 e. The number of amides is 2. The first-order valence-corrected chi connectivity index (χ1v) is 14.9. The van der Waals surface area contributed by atoms with E-state index in [1.165, 1.54) is 17.9 Å². The summed E-state index contributed by atoms with van der Waals surface area (Å²) in [5, 5.41) is 20.5. The second kappa shape index (κ2) is 10.9. The largest absolute Gasteiger partial charge is 0.415 e. The predicted molar refractivity (Wildman–Crippen MR) is 164 cm³/mol. The van der Waals surface area contributed by atoms with E-state index in [0.717, 1.165) is 0 Å². The molecule has 0 unspecified atom stereocenters. The number of hydrogen-bond donors (Lipinski definition) is 4.